The van der Waals surface area contributed by atoms with Crippen molar-refractivity contribution < 1.29 is 9.72 Å². The first kappa shape index (κ1) is 10.8. The van der Waals surface area contributed by atoms with E-state index >= 15 is 0 Å². The van der Waals surface area contributed by atoms with Crippen molar-refractivity contribution >= 4 is 11.5 Å². The third-order valence-electron chi connectivity index (χ3n) is 3.20. The number of carbonyl (C=O) groups excluding carboxylic acids is 1. The Bertz CT molecular complexity index is 479. The standard InChI is InChI=1S/C12H13NO3/c1-7-4-6-10(14)12-8(2)3-5-9(11(7)12)13(15)16/h3,5,7H,4,6H2,1-2H3. The molecule has 0 N–H and O–H groups in total. The Hall–Kier alpha value is -1.71. The summed E-state index contributed by atoms with van der Waals surface area (Å²) in [5.41, 5.74) is 2.13. The molecule has 0 spiro atoms. The van der Waals surface area contributed by atoms with Crippen LogP contribution in [-0.4, -0.2) is 10.7 Å². The molecule has 1 aromatic carbocycles. The van der Waals surface area contributed by atoms with Crippen LogP contribution in [0.5, 0.6) is 0 Å². The molecular weight excluding hydrogens is 206 g/mol. The summed E-state index contributed by atoms with van der Waals surface area (Å²) in [5.74, 6) is 0.127. The molecule has 84 valence electrons. The van der Waals surface area contributed by atoms with Crippen molar-refractivity contribution in [3.63, 3.8) is 0 Å². The van der Waals surface area contributed by atoms with E-state index in [1.54, 1.807) is 6.07 Å². The zero-order chi connectivity index (χ0) is 11.9. The lowest BCUT2D eigenvalue weighted by molar-refractivity contribution is -0.385. The second-order valence-electron chi connectivity index (χ2n) is 4.31. The molecule has 1 aliphatic carbocycles. The number of nitro benzene ring substituents is 1. The summed E-state index contributed by atoms with van der Waals surface area (Å²) in [6.45, 7) is 3.77. The third-order valence-corrected chi connectivity index (χ3v) is 3.20. The van der Waals surface area contributed by atoms with E-state index in [0.29, 0.717) is 24.0 Å². The molecule has 0 aromatic heterocycles. The van der Waals surface area contributed by atoms with E-state index in [0.717, 1.165) is 5.56 Å². The fourth-order valence-corrected chi connectivity index (χ4v) is 2.36. The van der Waals surface area contributed by atoms with Gasteiger partial charge in [0.05, 0.1) is 4.92 Å². The maximum atomic E-state index is 11.8. The quantitative estimate of drug-likeness (QED) is 0.538. The molecule has 4 nitrogen and oxygen atoms in total. The summed E-state index contributed by atoms with van der Waals surface area (Å²) in [7, 11) is 0. The molecule has 0 bridgehead atoms. The average Bonchev–Trinajstić information content (AvgIpc) is 2.23. The van der Waals surface area contributed by atoms with Crippen molar-refractivity contribution in [1.82, 2.24) is 0 Å². The molecule has 1 atom stereocenters. The van der Waals surface area contributed by atoms with Gasteiger partial charge in [-0.05, 0) is 24.8 Å². The number of ketones is 1. The predicted molar refractivity (Wildman–Crippen MR) is 59.8 cm³/mol. The number of fused-ring (bicyclic) bond motifs is 1. The molecule has 2 rings (SSSR count). The Labute approximate surface area is 93.4 Å². The molecule has 1 unspecified atom stereocenters. The topological polar surface area (TPSA) is 60.2 Å². The Kier molecular flexibility index (Phi) is 2.50. The van der Waals surface area contributed by atoms with Gasteiger partial charge in [-0.1, -0.05) is 13.0 Å². The number of nitro groups is 1. The van der Waals surface area contributed by atoms with Gasteiger partial charge in [-0.15, -0.1) is 0 Å². The minimum atomic E-state index is -0.395. The van der Waals surface area contributed by atoms with Crippen molar-refractivity contribution in [3.8, 4) is 0 Å². The lowest BCUT2D eigenvalue weighted by atomic mass is 9.80. The summed E-state index contributed by atoms with van der Waals surface area (Å²) in [5, 5.41) is 10.9. The number of aryl methyl sites for hydroxylation is 1. The van der Waals surface area contributed by atoms with Gasteiger partial charge in [0, 0.05) is 23.6 Å². The maximum absolute atomic E-state index is 11.8. The van der Waals surface area contributed by atoms with Gasteiger partial charge in [0.25, 0.3) is 5.69 Å². The predicted octanol–water partition coefficient (Wildman–Crippen LogP) is 2.98. The van der Waals surface area contributed by atoms with E-state index in [9.17, 15) is 14.9 Å². The molecule has 0 radical (unpaired) electrons. The molecule has 0 amide bonds. The van der Waals surface area contributed by atoms with E-state index in [-0.39, 0.29) is 17.4 Å². The van der Waals surface area contributed by atoms with E-state index in [2.05, 4.69) is 0 Å². The fraction of sp³-hybridized carbons (Fsp3) is 0.417. The van der Waals surface area contributed by atoms with Gasteiger partial charge in [0.15, 0.2) is 5.78 Å². The van der Waals surface area contributed by atoms with E-state index < -0.39 is 4.92 Å². The first-order valence-corrected chi connectivity index (χ1v) is 5.33. The van der Waals surface area contributed by atoms with Crippen LogP contribution in [0, 0.1) is 17.0 Å². The Morgan fingerprint density at radius 2 is 2.12 bits per heavy atom. The smallest absolute Gasteiger partial charge is 0.273 e. The van der Waals surface area contributed by atoms with Gasteiger partial charge in [-0.25, -0.2) is 0 Å². The summed E-state index contributed by atoms with van der Waals surface area (Å²) >= 11 is 0. The van der Waals surface area contributed by atoms with Crippen LogP contribution in [-0.2, 0) is 0 Å². The number of nitrogens with zero attached hydrogens (tertiary/aromatic N) is 1. The summed E-state index contributed by atoms with van der Waals surface area (Å²) in [4.78, 5) is 22.3. The van der Waals surface area contributed by atoms with Crippen LogP contribution in [0.25, 0.3) is 0 Å². The SMILES string of the molecule is Cc1ccc([N+](=O)[O-])c2c1C(=O)CCC2C. The van der Waals surface area contributed by atoms with Gasteiger partial charge < -0.3 is 0 Å². The lowest BCUT2D eigenvalue weighted by Gasteiger charge is -2.22. The van der Waals surface area contributed by atoms with Crippen LogP contribution in [0.3, 0.4) is 0 Å². The highest BCUT2D eigenvalue weighted by Gasteiger charge is 2.31. The number of Topliss-reactive ketones (excluding diaryl/α,β-unsaturated/α-hetero) is 1. The fourth-order valence-electron chi connectivity index (χ4n) is 2.36. The zero-order valence-electron chi connectivity index (χ0n) is 9.32. The maximum Gasteiger partial charge on any atom is 0.273 e. The van der Waals surface area contributed by atoms with Gasteiger partial charge >= 0.3 is 0 Å². The normalized spacial score (nSPS) is 19.4. The van der Waals surface area contributed by atoms with Crippen molar-refractivity contribution in [1.29, 1.82) is 0 Å². The van der Waals surface area contributed by atoms with Crippen LogP contribution in [0.1, 0.15) is 47.2 Å². The van der Waals surface area contributed by atoms with Gasteiger partial charge in [0.1, 0.15) is 0 Å². The van der Waals surface area contributed by atoms with Gasteiger partial charge in [0.2, 0.25) is 0 Å². The van der Waals surface area contributed by atoms with E-state index in [4.69, 9.17) is 0 Å². The van der Waals surface area contributed by atoms with Crippen LogP contribution >= 0.6 is 0 Å². The average molecular weight is 219 g/mol. The second-order valence-corrected chi connectivity index (χ2v) is 4.31. The highest BCUT2D eigenvalue weighted by molar-refractivity contribution is 6.01. The van der Waals surface area contributed by atoms with Crippen molar-refractivity contribution in [2.24, 2.45) is 0 Å². The number of carbonyl (C=O) groups is 1. The number of rotatable bonds is 1. The van der Waals surface area contributed by atoms with Crippen molar-refractivity contribution in [2.45, 2.75) is 32.6 Å². The lowest BCUT2D eigenvalue weighted by Crippen LogP contribution is -2.17. The third kappa shape index (κ3) is 1.50. The van der Waals surface area contributed by atoms with Crippen molar-refractivity contribution in [3.05, 3.63) is 38.9 Å². The monoisotopic (exact) mass is 219 g/mol. The minimum Gasteiger partial charge on any atom is -0.294 e. The summed E-state index contributed by atoms with van der Waals surface area (Å²) in [6, 6.07) is 3.16. The molecule has 1 aliphatic rings. The highest BCUT2D eigenvalue weighted by atomic mass is 16.6. The molecule has 0 heterocycles. The number of hydrogen-bond donors (Lipinski definition) is 0. The summed E-state index contributed by atoms with van der Waals surface area (Å²) in [6.07, 6.45) is 1.20. The molecule has 0 saturated heterocycles. The Balaban J connectivity index is 2.75. The Morgan fingerprint density at radius 1 is 1.44 bits per heavy atom. The molecule has 0 saturated carbocycles. The zero-order valence-corrected chi connectivity index (χ0v) is 9.32. The minimum absolute atomic E-state index is 0.0364. The molecule has 0 fully saturated rings. The van der Waals surface area contributed by atoms with E-state index in [1.807, 2.05) is 13.8 Å². The molecule has 16 heavy (non-hydrogen) atoms. The van der Waals surface area contributed by atoms with Gasteiger partial charge in [-0.3, -0.25) is 14.9 Å². The molecule has 4 heteroatoms. The van der Waals surface area contributed by atoms with Crippen LogP contribution in [0.4, 0.5) is 5.69 Å². The molecule has 0 aliphatic heterocycles. The number of hydrogen-bond acceptors (Lipinski definition) is 3. The van der Waals surface area contributed by atoms with Crippen LogP contribution < -0.4 is 0 Å². The van der Waals surface area contributed by atoms with Crippen LogP contribution in [0.2, 0.25) is 0 Å². The van der Waals surface area contributed by atoms with Crippen LogP contribution in [0.15, 0.2) is 12.1 Å². The molecule has 1 aromatic rings. The largest absolute Gasteiger partial charge is 0.294 e. The first-order valence-electron chi connectivity index (χ1n) is 5.33. The highest BCUT2D eigenvalue weighted by Crippen LogP contribution is 2.38. The van der Waals surface area contributed by atoms with E-state index in [1.165, 1.54) is 6.07 Å². The Morgan fingerprint density at radius 3 is 2.75 bits per heavy atom. The first-order chi connectivity index (χ1) is 7.52. The summed E-state index contributed by atoms with van der Waals surface area (Å²) < 4.78 is 0. The van der Waals surface area contributed by atoms with Crippen molar-refractivity contribution in [2.75, 3.05) is 0 Å². The molecular formula is C12H13NO3. The number of benzene rings is 1. The second kappa shape index (κ2) is 3.70. The van der Waals surface area contributed by atoms with Gasteiger partial charge in [-0.2, -0.15) is 0 Å².